The lowest BCUT2D eigenvalue weighted by Gasteiger charge is -2.06. The molecule has 0 fully saturated rings. The van der Waals surface area contributed by atoms with E-state index in [9.17, 15) is 4.79 Å². The summed E-state index contributed by atoms with van der Waals surface area (Å²) in [6, 6.07) is 5.28. The molecule has 18 heavy (non-hydrogen) atoms. The van der Waals surface area contributed by atoms with Crippen molar-refractivity contribution in [1.82, 2.24) is 9.78 Å². The van der Waals surface area contributed by atoms with Crippen LogP contribution >= 0.6 is 15.9 Å². The van der Waals surface area contributed by atoms with Crippen molar-refractivity contribution in [2.24, 2.45) is 0 Å². The summed E-state index contributed by atoms with van der Waals surface area (Å²) in [4.78, 5) is 12.1. The summed E-state index contributed by atoms with van der Waals surface area (Å²) < 4.78 is 7.53. The van der Waals surface area contributed by atoms with Gasteiger partial charge in [0.1, 0.15) is 12.3 Å². The standard InChI is InChI=1S/C13H13BrN2O2/c1-9-6-15-16(7-9)8-12(17)10-3-4-13(18-2)11(14)5-10/h3-7H,8H2,1-2H3. The van der Waals surface area contributed by atoms with Gasteiger partial charge in [0.05, 0.1) is 17.8 Å². The fourth-order valence-electron chi connectivity index (χ4n) is 1.63. The molecule has 0 N–H and O–H groups in total. The van der Waals surface area contributed by atoms with E-state index in [2.05, 4.69) is 21.0 Å². The average molecular weight is 309 g/mol. The van der Waals surface area contributed by atoms with Crippen molar-refractivity contribution in [2.75, 3.05) is 7.11 Å². The molecule has 4 nitrogen and oxygen atoms in total. The van der Waals surface area contributed by atoms with Crippen LogP contribution in [0.2, 0.25) is 0 Å². The van der Waals surface area contributed by atoms with Crippen LogP contribution in [0.5, 0.6) is 5.75 Å². The zero-order valence-electron chi connectivity index (χ0n) is 10.2. The third-order valence-electron chi connectivity index (χ3n) is 2.54. The van der Waals surface area contributed by atoms with Crippen LogP contribution in [-0.4, -0.2) is 22.7 Å². The van der Waals surface area contributed by atoms with Gasteiger partial charge in [-0.05, 0) is 46.6 Å². The Hall–Kier alpha value is -1.62. The number of carbonyl (C=O) groups is 1. The van der Waals surface area contributed by atoms with Gasteiger partial charge >= 0.3 is 0 Å². The lowest BCUT2D eigenvalue weighted by molar-refractivity contribution is 0.0967. The van der Waals surface area contributed by atoms with Gasteiger partial charge in [-0.15, -0.1) is 0 Å². The molecule has 0 saturated carbocycles. The molecule has 0 unspecified atom stereocenters. The molecule has 2 rings (SSSR count). The maximum absolute atomic E-state index is 12.1. The Morgan fingerprint density at radius 3 is 2.83 bits per heavy atom. The maximum atomic E-state index is 12.1. The number of aromatic nitrogens is 2. The van der Waals surface area contributed by atoms with Gasteiger partial charge in [-0.25, -0.2) is 0 Å². The molecular formula is C13H13BrN2O2. The number of halogens is 1. The Balaban J connectivity index is 2.16. The van der Waals surface area contributed by atoms with Crippen molar-refractivity contribution >= 4 is 21.7 Å². The number of nitrogens with zero attached hydrogens (tertiary/aromatic N) is 2. The summed E-state index contributed by atoms with van der Waals surface area (Å²) in [5.41, 5.74) is 1.68. The first kappa shape index (κ1) is 12.8. The normalized spacial score (nSPS) is 10.4. The van der Waals surface area contributed by atoms with Gasteiger partial charge in [0, 0.05) is 11.8 Å². The molecular weight excluding hydrogens is 296 g/mol. The fourth-order valence-corrected chi connectivity index (χ4v) is 2.17. The van der Waals surface area contributed by atoms with E-state index < -0.39 is 0 Å². The van der Waals surface area contributed by atoms with Crippen molar-refractivity contribution < 1.29 is 9.53 Å². The zero-order chi connectivity index (χ0) is 13.1. The Morgan fingerprint density at radius 2 is 2.28 bits per heavy atom. The topological polar surface area (TPSA) is 44.1 Å². The monoisotopic (exact) mass is 308 g/mol. The van der Waals surface area contributed by atoms with Crippen LogP contribution in [0.1, 0.15) is 15.9 Å². The van der Waals surface area contributed by atoms with Crippen molar-refractivity contribution in [2.45, 2.75) is 13.5 Å². The van der Waals surface area contributed by atoms with E-state index in [4.69, 9.17) is 4.74 Å². The number of hydrogen-bond acceptors (Lipinski definition) is 3. The molecule has 5 heteroatoms. The van der Waals surface area contributed by atoms with E-state index in [0.717, 1.165) is 10.0 Å². The van der Waals surface area contributed by atoms with Gasteiger partial charge in [0.2, 0.25) is 0 Å². The van der Waals surface area contributed by atoms with Gasteiger partial charge in [0.25, 0.3) is 0 Å². The molecule has 0 amide bonds. The molecule has 0 bridgehead atoms. The minimum Gasteiger partial charge on any atom is -0.496 e. The first-order chi connectivity index (χ1) is 8.60. The number of aryl methyl sites for hydroxylation is 1. The highest BCUT2D eigenvalue weighted by Gasteiger charge is 2.10. The molecule has 1 heterocycles. The van der Waals surface area contributed by atoms with Crippen molar-refractivity contribution in [3.63, 3.8) is 0 Å². The summed E-state index contributed by atoms with van der Waals surface area (Å²) in [6.07, 6.45) is 3.58. The quantitative estimate of drug-likeness (QED) is 0.816. The molecule has 0 aliphatic carbocycles. The average Bonchev–Trinajstić information content (AvgIpc) is 2.74. The Labute approximate surface area is 114 Å². The highest BCUT2D eigenvalue weighted by Crippen LogP contribution is 2.25. The summed E-state index contributed by atoms with van der Waals surface area (Å²) in [5, 5.41) is 4.10. The predicted molar refractivity (Wildman–Crippen MR) is 72.0 cm³/mol. The van der Waals surface area contributed by atoms with E-state index in [1.807, 2.05) is 13.1 Å². The molecule has 0 radical (unpaired) electrons. The lowest BCUT2D eigenvalue weighted by atomic mass is 10.1. The fraction of sp³-hybridized carbons (Fsp3) is 0.231. The Bertz CT molecular complexity index is 578. The third-order valence-corrected chi connectivity index (χ3v) is 3.16. The van der Waals surface area contributed by atoms with Crippen LogP contribution in [0.25, 0.3) is 0 Å². The Morgan fingerprint density at radius 1 is 1.50 bits per heavy atom. The second-order valence-electron chi connectivity index (χ2n) is 3.99. The first-order valence-electron chi connectivity index (χ1n) is 5.46. The number of Topliss-reactive ketones (excluding diaryl/α,β-unsaturated/α-hetero) is 1. The van der Waals surface area contributed by atoms with Crippen LogP contribution in [0.4, 0.5) is 0 Å². The van der Waals surface area contributed by atoms with Gasteiger partial charge in [-0.2, -0.15) is 5.10 Å². The van der Waals surface area contributed by atoms with Crippen LogP contribution in [-0.2, 0) is 6.54 Å². The molecule has 0 aliphatic heterocycles. The number of methoxy groups -OCH3 is 1. The number of carbonyl (C=O) groups excluding carboxylic acids is 1. The second-order valence-corrected chi connectivity index (χ2v) is 4.84. The number of ketones is 1. The molecule has 94 valence electrons. The predicted octanol–water partition coefficient (Wildman–Crippen LogP) is 2.85. The summed E-state index contributed by atoms with van der Waals surface area (Å²) in [5.74, 6) is 0.725. The van der Waals surface area contributed by atoms with Gasteiger partial charge < -0.3 is 4.74 Å². The molecule has 0 saturated heterocycles. The van der Waals surface area contributed by atoms with Crippen LogP contribution in [0, 0.1) is 6.92 Å². The van der Waals surface area contributed by atoms with E-state index in [0.29, 0.717) is 11.3 Å². The highest BCUT2D eigenvalue weighted by atomic mass is 79.9. The number of ether oxygens (including phenoxy) is 1. The third kappa shape index (κ3) is 2.79. The molecule has 1 aromatic heterocycles. The summed E-state index contributed by atoms with van der Waals surface area (Å²) in [6.45, 7) is 2.19. The molecule has 1 aromatic carbocycles. The zero-order valence-corrected chi connectivity index (χ0v) is 11.8. The van der Waals surface area contributed by atoms with E-state index >= 15 is 0 Å². The van der Waals surface area contributed by atoms with Crippen LogP contribution in [0.15, 0.2) is 35.1 Å². The van der Waals surface area contributed by atoms with E-state index in [1.54, 1.807) is 36.2 Å². The Kier molecular flexibility index (Phi) is 3.81. The maximum Gasteiger partial charge on any atom is 0.184 e. The summed E-state index contributed by atoms with van der Waals surface area (Å²) in [7, 11) is 1.59. The molecule has 0 aliphatic rings. The van der Waals surface area contributed by atoms with E-state index in [1.165, 1.54) is 0 Å². The second kappa shape index (κ2) is 5.35. The van der Waals surface area contributed by atoms with Crippen LogP contribution in [0.3, 0.4) is 0 Å². The van der Waals surface area contributed by atoms with Gasteiger partial charge in [-0.1, -0.05) is 0 Å². The smallest absolute Gasteiger partial charge is 0.184 e. The number of benzene rings is 1. The molecule has 2 aromatic rings. The van der Waals surface area contributed by atoms with Gasteiger partial charge in [0.15, 0.2) is 5.78 Å². The largest absolute Gasteiger partial charge is 0.496 e. The van der Waals surface area contributed by atoms with Gasteiger partial charge in [-0.3, -0.25) is 9.48 Å². The van der Waals surface area contributed by atoms with Crippen molar-refractivity contribution in [3.05, 3.63) is 46.2 Å². The minimum absolute atomic E-state index is 0.0152. The lowest BCUT2D eigenvalue weighted by Crippen LogP contribution is -2.10. The SMILES string of the molecule is COc1ccc(C(=O)Cn2cc(C)cn2)cc1Br. The number of rotatable bonds is 4. The molecule has 0 spiro atoms. The van der Waals surface area contributed by atoms with Crippen LogP contribution < -0.4 is 4.74 Å². The van der Waals surface area contributed by atoms with Crippen molar-refractivity contribution in [1.29, 1.82) is 0 Å². The van der Waals surface area contributed by atoms with Crippen molar-refractivity contribution in [3.8, 4) is 5.75 Å². The number of hydrogen-bond donors (Lipinski definition) is 0. The van der Waals surface area contributed by atoms with E-state index in [-0.39, 0.29) is 12.3 Å². The summed E-state index contributed by atoms with van der Waals surface area (Å²) >= 11 is 3.37. The first-order valence-corrected chi connectivity index (χ1v) is 6.25. The molecule has 0 atom stereocenters. The minimum atomic E-state index is 0.0152. The highest BCUT2D eigenvalue weighted by molar-refractivity contribution is 9.10.